The first-order chi connectivity index (χ1) is 9.80. The van der Waals surface area contributed by atoms with Crippen LogP contribution in [0.1, 0.15) is 48.2 Å². The van der Waals surface area contributed by atoms with Crippen LogP contribution in [0.3, 0.4) is 0 Å². The monoisotopic (exact) mass is 269 g/mol. The lowest BCUT2D eigenvalue weighted by Crippen LogP contribution is -2.47. The second kappa shape index (κ2) is 5.49. The van der Waals surface area contributed by atoms with E-state index < -0.39 is 0 Å². The number of imidazole rings is 1. The van der Waals surface area contributed by atoms with Crippen molar-refractivity contribution in [3.63, 3.8) is 0 Å². The number of carbonyl (C=O) groups excluding carboxylic acids is 1. The summed E-state index contributed by atoms with van der Waals surface area (Å²) in [4.78, 5) is 19.2. The zero-order valence-corrected chi connectivity index (χ0v) is 11.4. The fourth-order valence-corrected chi connectivity index (χ4v) is 3.06. The number of aromatic amines is 1. The third-order valence-corrected chi connectivity index (χ3v) is 4.13. The fourth-order valence-electron chi connectivity index (χ4n) is 3.06. The number of aromatic nitrogens is 2. The smallest absolute Gasteiger partial charge is 0.270 e. The summed E-state index contributed by atoms with van der Waals surface area (Å²) in [6.45, 7) is 0. The van der Waals surface area contributed by atoms with Gasteiger partial charge in [-0.15, -0.1) is 0 Å². The van der Waals surface area contributed by atoms with Gasteiger partial charge in [-0.05, 0) is 18.4 Å². The van der Waals surface area contributed by atoms with Crippen LogP contribution in [-0.2, 0) is 5.54 Å². The first-order valence-electron chi connectivity index (χ1n) is 7.17. The van der Waals surface area contributed by atoms with E-state index in [0.29, 0.717) is 5.69 Å². The molecular weight excluding hydrogens is 250 g/mol. The summed E-state index contributed by atoms with van der Waals surface area (Å²) < 4.78 is 0. The van der Waals surface area contributed by atoms with Crippen molar-refractivity contribution in [2.75, 3.05) is 0 Å². The van der Waals surface area contributed by atoms with Crippen molar-refractivity contribution in [1.29, 1.82) is 0 Å². The minimum absolute atomic E-state index is 0.0757. The normalized spacial score (nSPS) is 17.6. The molecule has 1 fully saturated rings. The molecule has 3 rings (SSSR count). The molecule has 2 N–H and O–H groups in total. The lowest BCUT2D eigenvalue weighted by atomic mass is 9.76. The second-order valence-electron chi connectivity index (χ2n) is 5.43. The average molecular weight is 269 g/mol. The minimum atomic E-state index is -0.234. The highest BCUT2D eigenvalue weighted by atomic mass is 16.2. The predicted molar refractivity (Wildman–Crippen MR) is 77.3 cm³/mol. The highest BCUT2D eigenvalue weighted by molar-refractivity contribution is 5.92. The lowest BCUT2D eigenvalue weighted by molar-refractivity contribution is 0.0861. The Morgan fingerprint density at radius 2 is 1.90 bits per heavy atom. The molecule has 0 radical (unpaired) electrons. The van der Waals surface area contributed by atoms with Gasteiger partial charge >= 0.3 is 0 Å². The maximum atomic E-state index is 12.4. The molecule has 1 aliphatic carbocycles. The Labute approximate surface area is 118 Å². The predicted octanol–water partition coefficient (Wildman–Crippen LogP) is 3.00. The lowest BCUT2D eigenvalue weighted by Gasteiger charge is -2.38. The third-order valence-electron chi connectivity index (χ3n) is 4.13. The zero-order valence-electron chi connectivity index (χ0n) is 11.4. The molecule has 0 saturated heterocycles. The van der Waals surface area contributed by atoms with Gasteiger partial charge in [0.15, 0.2) is 0 Å². The standard InChI is InChI=1S/C16H19N3O/c20-15(14-11-17-12-18-14)19-16(9-5-2-6-10-16)13-7-3-1-4-8-13/h1,3-4,7-8,11-12H,2,5-6,9-10H2,(H,17,18)(H,19,20). The quantitative estimate of drug-likeness (QED) is 0.900. The molecular formula is C16H19N3O. The maximum absolute atomic E-state index is 12.4. The molecule has 104 valence electrons. The van der Waals surface area contributed by atoms with E-state index in [1.54, 1.807) is 6.20 Å². The number of amides is 1. The van der Waals surface area contributed by atoms with Crippen molar-refractivity contribution in [3.05, 3.63) is 54.1 Å². The molecule has 2 aromatic rings. The number of benzene rings is 1. The first kappa shape index (κ1) is 12.9. The van der Waals surface area contributed by atoms with Crippen LogP contribution in [-0.4, -0.2) is 15.9 Å². The Kier molecular flexibility index (Phi) is 3.54. The van der Waals surface area contributed by atoms with Gasteiger partial charge in [0.05, 0.1) is 18.1 Å². The van der Waals surface area contributed by atoms with Gasteiger partial charge in [0.25, 0.3) is 5.91 Å². The molecule has 1 amide bonds. The Hall–Kier alpha value is -2.10. The molecule has 20 heavy (non-hydrogen) atoms. The molecule has 0 aliphatic heterocycles. The Bertz CT molecular complexity index is 557. The number of hydrogen-bond acceptors (Lipinski definition) is 2. The van der Waals surface area contributed by atoms with E-state index in [1.165, 1.54) is 18.3 Å². The number of nitrogens with zero attached hydrogens (tertiary/aromatic N) is 1. The van der Waals surface area contributed by atoms with Crippen molar-refractivity contribution in [2.24, 2.45) is 0 Å². The minimum Gasteiger partial charge on any atom is -0.341 e. The van der Waals surface area contributed by atoms with Crippen LogP contribution >= 0.6 is 0 Å². The molecule has 1 aromatic heterocycles. The van der Waals surface area contributed by atoms with E-state index in [4.69, 9.17) is 0 Å². The van der Waals surface area contributed by atoms with Gasteiger partial charge in [-0.2, -0.15) is 0 Å². The summed E-state index contributed by atoms with van der Waals surface area (Å²) in [7, 11) is 0. The number of nitrogens with one attached hydrogen (secondary N) is 2. The zero-order chi connectivity index (χ0) is 13.8. The Morgan fingerprint density at radius 1 is 1.15 bits per heavy atom. The van der Waals surface area contributed by atoms with Crippen LogP contribution in [0.25, 0.3) is 0 Å². The van der Waals surface area contributed by atoms with Crippen LogP contribution in [0.2, 0.25) is 0 Å². The first-order valence-corrected chi connectivity index (χ1v) is 7.17. The summed E-state index contributed by atoms with van der Waals surface area (Å²) >= 11 is 0. The van der Waals surface area contributed by atoms with Crippen molar-refractivity contribution in [2.45, 2.75) is 37.6 Å². The van der Waals surface area contributed by atoms with Crippen LogP contribution in [0.15, 0.2) is 42.9 Å². The third kappa shape index (κ3) is 2.46. The maximum Gasteiger partial charge on any atom is 0.270 e. The van der Waals surface area contributed by atoms with E-state index >= 15 is 0 Å². The van der Waals surface area contributed by atoms with E-state index in [0.717, 1.165) is 25.7 Å². The Balaban J connectivity index is 1.88. The van der Waals surface area contributed by atoms with Gasteiger partial charge in [-0.3, -0.25) is 4.79 Å². The molecule has 4 nitrogen and oxygen atoms in total. The van der Waals surface area contributed by atoms with Crippen LogP contribution in [0.4, 0.5) is 0 Å². The van der Waals surface area contributed by atoms with Crippen LogP contribution in [0.5, 0.6) is 0 Å². The fraction of sp³-hybridized carbons (Fsp3) is 0.375. The van der Waals surface area contributed by atoms with E-state index in [1.807, 2.05) is 18.2 Å². The molecule has 0 spiro atoms. The topological polar surface area (TPSA) is 57.8 Å². The SMILES string of the molecule is O=C(NC1(c2ccccc2)CCCCC1)c1cnc[nH]1. The molecule has 0 bridgehead atoms. The summed E-state index contributed by atoms with van der Waals surface area (Å²) in [6.07, 6.45) is 8.64. The number of hydrogen-bond donors (Lipinski definition) is 2. The van der Waals surface area contributed by atoms with Crippen molar-refractivity contribution >= 4 is 5.91 Å². The van der Waals surface area contributed by atoms with E-state index in [-0.39, 0.29) is 11.4 Å². The van der Waals surface area contributed by atoms with Crippen molar-refractivity contribution in [1.82, 2.24) is 15.3 Å². The highest BCUT2D eigenvalue weighted by Gasteiger charge is 2.35. The summed E-state index contributed by atoms with van der Waals surface area (Å²) in [5.41, 5.74) is 1.49. The molecule has 4 heteroatoms. The van der Waals surface area contributed by atoms with Crippen molar-refractivity contribution in [3.8, 4) is 0 Å². The van der Waals surface area contributed by atoms with Gasteiger partial charge in [-0.1, -0.05) is 49.6 Å². The molecule has 1 heterocycles. The second-order valence-corrected chi connectivity index (χ2v) is 5.43. The number of rotatable bonds is 3. The summed E-state index contributed by atoms with van der Waals surface area (Å²) in [5.74, 6) is -0.0757. The number of H-pyrrole nitrogens is 1. The molecule has 0 atom stereocenters. The van der Waals surface area contributed by atoms with Crippen LogP contribution < -0.4 is 5.32 Å². The van der Waals surface area contributed by atoms with Gasteiger partial charge < -0.3 is 10.3 Å². The summed E-state index contributed by atoms with van der Waals surface area (Å²) in [5, 5.41) is 3.24. The summed E-state index contributed by atoms with van der Waals surface area (Å²) in [6, 6.07) is 10.3. The molecule has 1 aliphatic rings. The van der Waals surface area contributed by atoms with E-state index in [2.05, 4.69) is 27.4 Å². The largest absolute Gasteiger partial charge is 0.341 e. The molecule has 1 aromatic carbocycles. The highest BCUT2D eigenvalue weighted by Crippen LogP contribution is 2.37. The average Bonchev–Trinajstić information content (AvgIpc) is 3.03. The van der Waals surface area contributed by atoms with Crippen molar-refractivity contribution < 1.29 is 4.79 Å². The van der Waals surface area contributed by atoms with Gasteiger partial charge in [-0.25, -0.2) is 4.98 Å². The molecule has 0 unspecified atom stereocenters. The van der Waals surface area contributed by atoms with Gasteiger partial charge in [0.1, 0.15) is 5.69 Å². The van der Waals surface area contributed by atoms with E-state index in [9.17, 15) is 4.79 Å². The molecule has 1 saturated carbocycles. The number of carbonyl (C=O) groups is 1. The van der Waals surface area contributed by atoms with Gasteiger partial charge in [0, 0.05) is 0 Å². The Morgan fingerprint density at radius 3 is 2.55 bits per heavy atom. The van der Waals surface area contributed by atoms with Gasteiger partial charge in [0.2, 0.25) is 0 Å². The van der Waals surface area contributed by atoms with Crippen LogP contribution in [0, 0.1) is 0 Å².